The molecule has 0 aliphatic carbocycles. The summed E-state index contributed by atoms with van der Waals surface area (Å²) in [6, 6.07) is 15.7. The Labute approximate surface area is 186 Å². The van der Waals surface area contributed by atoms with Crippen LogP contribution in [0.25, 0.3) is 17.0 Å². The number of carbonyl (C=O) groups excluding carboxylic acids is 1. The zero-order chi connectivity index (χ0) is 22.1. The molecule has 0 saturated heterocycles. The van der Waals surface area contributed by atoms with Crippen molar-refractivity contribution < 1.29 is 9.53 Å². The molecule has 1 aliphatic heterocycles. The number of rotatable bonds is 5. The highest BCUT2D eigenvalue weighted by Gasteiger charge is 2.22. The fourth-order valence-corrected chi connectivity index (χ4v) is 4.23. The number of anilines is 1. The van der Waals surface area contributed by atoms with Crippen molar-refractivity contribution in [1.82, 2.24) is 14.4 Å². The second-order valence-corrected chi connectivity index (χ2v) is 8.04. The topological polar surface area (TPSA) is 94.5 Å². The molecule has 3 N–H and O–H groups in total. The molecule has 3 aromatic heterocycles. The van der Waals surface area contributed by atoms with E-state index in [-0.39, 0.29) is 0 Å². The van der Waals surface area contributed by atoms with Crippen molar-refractivity contribution in [2.24, 2.45) is 5.73 Å². The fraction of sp³-hybridized carbons (Fsp3) is 0.240. The zero-order valence-corrected chi connectivity index (χ0v) is 18.0. The summed E-state index contributed by atoms with van der Waals surface area (Å²) < 4.78 is 7.94. The number of aromatic nitrogens is 3. The molecule has 5 rings (SSSR count). The van der Waals surface area contributed by atoms with Gasteiger partial charge in [-0.3, -0.25) is 4.79 Å². The fourth-order valence-electron chi connectivity index (χ4n) is 4.23. The van der Waals surface area contributed by atoms with Gasteiger partial charge in [-0.15, -0.1) is 0 Å². The van der Waals surface area contributed by atoms with Gasteiger partial charge in [0.2, 0.25) is 5.88 Å². The molecule has 0 unspecified atom stereocenters. The Balaban J connectivity index is 1.63. The number of amides is 1. The van der Waals surface area contributed by atoms with Gasteiger partial charge in [-0.2, -0.15) is 4.98 Å². The number of aryl methyl sites for hydroxylation is 1. The van der Waals surface area contributed by atoms with E-state index in [1.54, 1.807) is 6.07 Å². The first-order valence-electron chi connectivity index (χ1n) is 10.8. The summed E-state index contributed by atoms with van der Waals surface area (Å²) in [5, 5.41) is 3.50. The Morgan fingerprint density at radius 2 is 2.00 bits per heavy atom. The van der Waals surface area contributed by atoms with E-state index < -0.39 is 5.91 Å². The number of hydrogen-bond acceptors (Lipinski definition) is 5. The van der Waals surface area contributed by atoms with Crippen LogP contribution in [0, 0.1) is 6.92 Å². The minimum atomic E-state index is -0.462. The summed E-state index contributed by atoms with van der Waals surface area (Å²) in [5.74, 6) is 1.51. The lowest BCUT2D eigenvalue weighted by Crippen LogP contribution is -2.12. The third kappa shape index (κ3) is 3.66. The zero-order valence-electron chi connectivity index (χ0n) is 18.0. The van der Waals surface area contributed by atoms with Crippen molar-refractivity contribution in [3.63, 3.8) is 0 Å². The van der Waals surface area contributed by atoms with Crippen LogP contribution in [-0.2, 0) is 13.0 Å². The molecule has 0 saturated carbocycles. The first-order chi connectivity index (χ1) is 15.6. The molecule has 162 valence electrons. The first-order valence-corrected chi connectivity index (χ1v) is 10.8. The van der Waals surface area contributed by atoms with Gasteiger partial charge in [0.15, 0.2) is 5.82 Å². The van der Waals surface area contributed by atoms with Crippen LogP contribution < -0.4 is 15.8 Å². The van der Waals surface area contributed by atoms with Gasteiger partial charge in [-0.25, -0.2) is 4.98 Å². The van der Waals surface area contributed by atoms with E-state index in [1.807, 2.05) is 47.9 Å². The molecule has 4 heterocycles. The SMILES string of the molecule is Cc1cc2c(C(N)=O)cccn2c1-c1nc(NCc2ccccc2)c2c(n1)OCCCC2. The van der Waals surface area contributed by atoms with Crippen molar-refractivity contribution >= 4 is 17.2 Å². The van der Waals surface area contributed by atoms with E-state index in [4.69, 9.17) is 20.4 Å². The van der Waals surface area contributed by atoms with Crippen molar-refractivity contribution in [2.75, 3.05) is 11.9 Å². The molecule has 4 aromatic rings. The summed E-state index contributed by atoms with van der Waals surface area (Å²) in [6.45, 7) is 3.28. The molecule has 1 aliphatic rings. The summed E-state index contributed by atoms with van der Waals surface area (Å²) in [5.41, 5.74) is 10.8. The third-order valence-corrected chi connectivity index (χ3v) is 5.81. The van der Waals surface area contributed by atoms with Crippen LogP contribution in [0.1, 0.15) is 39.9 Å². The number of nitrogens with one attached hydrogen (secondary N) is 1. The van der Waals surface area contributed by atoms with E-state index in [2.05, 4.69) is 17.4 Å². The van der Waals surface area contributed by atoms with Gasteiger partial charge in [-0.1, -0.05) is 30.3 Å². The Hall–Kier alpha value is -3.87. The number of pyridine rings is 1. The van der Waals surface area contributed by atoms with Crippen LogP contribution in [-0.4, -0.2) is 26.9 Å². The van der Waals surface area contributed by atoms with Gasteiger partial charge >= 0.3 is 0 Å². The Morgan fingerprint density at radius 1 is 1.16 bits per heavy atom. The quantitative estimate of drug-likeness (QED) is 0.499. The maximum atomic E-state index is 11.9. The second kappa shape index (κ2) is 8.34. The smallest absolute Gasteiger partial charge is 0.250 e. The van der Waals surface area contributed by atoms with Crippen LogP contribution in [0.2, 0.25) is 0 Å². The lowest BCUT2D eigenvalue weighted by atomic mass is 10.1. The number of carbonyl (C=O) groups is 1. The lowest BCUT2D eigenvalue weighted by molar-refractivity contribution is 0.100. The van der Waals surface area contributed by atoms with E-state index in [1.165, 1.54) is 5.56 Å². The Morgan fingerprint density at radius 3 is 2.81 bits per heavy atom. The summed E-state index contributed by atoms with van der Waals surface area (Å²) >= 11 is 0. The van der Waals surface area contributed by atoms with Gasteiger partial charge in [-0.05, 0) is 55.5 Å². The molecule has 1 aromatic carbocycles. The van der Waals surface area contributed by atoms with E-state index in [9.17, 15) is 4.79 Å². The predicted octanol–water partition coefficient (Wildman–Crippen LogP) is 4.13. The summed E-state index contributed by atoms with van der Waals surface area (Å²) in [4.78, 5) is 21.7. The van der Waals surface area contributed by atoms with E-state index in [0.29, 0.717) is 30.4 Å². The highest BCUT2D eigenvalue weighted by molar-refractivity contribution is 6.00. The number of benzene rings is 1. The highest BCUT2D eigenvalue weighted by Crippen LogP contribution is 2.33. The molecule has 0 atom stereocenters. The van der Waals surface area contributed by atoms with Gasteiger partial charge in [0.25, 0.3) is 5.91 Å². The molecular weight excluding hydrogens is 402 g/mol. The third-order valence-electron chi connectivity index (χ3n) is 5.81. The Bertz CT molecular complexity index is 1300. The first kappa shape index (κ1) is 20.1. The van der Waals surface area contributed by atoms with Crippen molar-refractivity contribution in [1.29, 1.82) is 0 Å². The maximum Gasteiger partial charge on any atom is 0.250 e. The standard InChI is InChI=1S/C25H25N5O2/c1-16-14-20-18(22(26)31)11-7-12-30(20)21(16)24-28-23(27-15-17-8-3-2-4-9-17)19-10-5-6-13-32-25(19)29-24/h2-4,7-9,11-12,14H,5-6,10,13,15H2,1H3,(H2,26,31)(H,27,28,29). The highest BCUT2D eigenvalue weighted by atomic mass is 16.5. The lowest BCUT2D eigenvalue weighted by Gasteiger charge is -2.15. The van der Waals surface area contributed by atoms with Crippen LogP contribution >= 0.6 is 0 Å². The van der Waals surface area contributed by atoms with E-state index in [0.717, 1.165) is 47.4 Å². The molecule has 0 bridgehead atoms. The summed E-state index contributed by atoms with van der Waals surface area (Å²) in [6.07, 6.45) is 4.78. The molecule has 1 amide bonds. The number of ether oxygens (including phenoxy) is 1. The Kier molecular flexibility index (Phi) is 5.23. The van der Waals surface area contributed by atoms with E-state index >= 15 is 0 Å². The van der Waals surface area contributed by atoms with Crippen molar-refractivity contribution in [3.8, 4) is 17.4 Å². The predicted molar refractivity (Wildman–Crippen MR) is 124 cm³/mol. The van der Waals surface area contributed by atoms with Crippen molar-refractivity contribution in [2.45, 2.75) is 32.7 Å². The average molecular weight is 428 g/mol. The van der Waals surface area contributed by atoms with Gasteiger partial charge in [0, 0.05) is 12.7 Å². The molecule has 0 fully saturated rings. The van der Waals surface area contributed by atoms with Crippen LogP contribution in [0.15, 0.2) is 54.7 Å². The van der Waals surface area contributed by atoms with Crippen LogP contribution in [0.5, 0.6) is 5.88 Å². The maximum absolute atomic E-state index is 11.9. The van der Waals surface area contributed by atoms with Gasteiger partial charge < -0.3 is 20.2 Å². The van der Waals surface area contributed by atoms with Gasteiger partial charge in [0.05, 0.1) is 28.9 Å². The van der Waals surface area contributed by atoms with Crippen LogP contribution in [0.4, 0.5) is 5.82 Å². The normalized spacial score (nSPS) is 13.3. The second-order valence-electron chi connectivity index (χ2n) is 8.04. The molecule has 7 nitrogen and oxygen atoms in total. The minimum absolute atomic E-state index is 0.462. The molecular formula is C25H25N5O2. The molecule has 0 radical (unpaired) electrons. The van der Waals surface area contributed by atoms with Gasteiger partial charge in [0.1, 0.15) is 5.82 Å². The monoisotopic (exact) mass is 427 g/mol. The van der Waals surface area contributed by atoms with Crippen LogP contribution in [0.3, 0.4) is 0 Å². The molecule has 0 spiro atoms. The number of fused-ring (bicyclic) bond motifs is 2. The molecule has 32 heavy (non-hydrogen) atoms. The minimum Gasteiger partial charge on any atom is -0.477 e. The summed E-state index contributed by atoms with van der Waals surface area (Å²) in [7, 11) is 0. The average Bonchev–Trinajstić information content (AvgIpc) is 2.96. The number of nitrogens with two attached hydrogens (primary N) is 1. The van der Waals surface area contributed by atoms with Crippen molar-refractivity contribution in [3.05, 3.63) is 77.0 Å². The number of primary amides is 1. The largest absolute Gasteiger partial charge is 0.477 e. The number of nitrogens with zero attached hydrogens (tertiary/aromatic N) is 3. The molecule has 7 heteroatoms. The number of hydrogen-bond donors (Lipinski definition) is 2.